The van der Waals surface area contributed by atoms with Crippen molar-refractivity contribution in [3.05, 3.63) is 11.4 Å². The molecular weight excluding hydrogens is 166 g/mol. The van der Waals surface area contributed by atoms with E-state index in [1.165, 1.54) is 0 Å². The van der Waals surface area contributed by atoms with Crippen LogP contribution >= 0.6 is 0 Å². The van der Waals surface area contributed by atoms with Gasteiger partial charge < -0.3 is 16.0 Å². The summed E-state index contributed by atoms with van der Waals surface area (Å²) in [5, 5.41) is 20.3. The first kappa shape index (κ1) is 9.37. The Morgan fingerprint density at radius 2 is 2.23 bits per heavy atom. The molecule has 5 heteroatoms. The first-order chi connectivity index (χ1) is 6.33. The molecule has 1 saturated heterocycles. The molecule has 0 aromatic heterocycles. The fraction of sp³-hybridized carbons (Fsp3) is 0.500. The number of nitrogens with two attached hydrogens (primary N) is 1. The van der Waals surface area contributed by atoms with Crippen LogP contribution in [0.25, 0.3) is 0 Å². The molecular formula is C8H11N5. The van der Waals surface area contributed by atoms with Gasteiger partial charge in [0.1, 0.15) is 18.0 Å². The Morgan fingerprint density at radius 1 is 1.54 bits per heavy atom. The summed E-state index contributed by atoms with van der Waals surface area (Å²) >= 11 is 0. The Morgan fingerprint density at radius 3 is 2.77 bits per heavy atom. The number of nitriles is 2. The molecule has 1 heterocycles. The van der Waals surface area contributed by atoms with Crippen molar-refractivity contribution in [1.82, 2.24) is 10.2 Å². The highest BCUT2D eigenvalue weighted by Crippen LogP contribution is 2.10. The monoisotopic (exact) mass is 177 g/mol. The second kappa shape index (κ2) is 4.34. The van der Waals surface area contributed by atoms with E-state index in [4.69, 9.17) is 16.3 Å². The quantitative estimate of drug-likeness (QED) is 0.534. The van der Waals surface area contributed by atoms with Gasteiger partial charge in [-0.1, -0.05) is 0 Å². The summed E-state index contributed by atoms with van der Waals surface area (Å²) in [5.74, 6) is 0.621. The SMILES string of the molecule is N#CC(C#N)=C1NCCN1CCN. The number of allylic oxidation sites excluding steroid dienone is 1. The van der Waals surface area contributed by atoms with E-state index in [0.717, 1.165) is 13.1 Å². The fourth-order valence-corrected chi connectivity index (χ4v) is 1.29. The van der Waals surface area contributed by atoms with Gasteiger partial charge in [0.05, 0.1) is 0 Å². The maximum absolute atomic E-state index is 8.64. The van der Waals surface area contributed by atoms with Crippen LogP contribution in [-0.4, -0.2) is 31.1 Å². The predicted molar refractivity (Wildman–Crippen MR) is 46.9 cm³/mol. The van der Waals surface area contributed by atoms with Gasteiger partial charge in [0.15, 0.2) is 5.57 Å². The minimum Gasteiger partial charge on any atom is -0.368 e. The van der Waals surface area contributed by atoms with Crippen LogP contribution in [0, 0.1) is 22.7 Å². The standard InChI is InChI=1S/C8H11N5/c9-1-3-13-4-2-12-8(13)7(5-10)6-11/h12H,1-4,9H2. The van der Waals surface area contributed by atoms with Crippen molar-refractivity contribution in [2.24, 2.45) is 5.73 Å². The second-order valence-corrected chi connectivity index (χ2v) is 2.65. The highest BCUT2D eigenvalue weighted by molar-refractivity contribution is 5.39. The molecule has 0 unspecified atom stereocenters. The molecule has 68 valence electrons. The molecule has 5 nitrogen and oxygen atoms in total. The number of hydrogen-bond donors (Lipinski definition) is 2. The minimum atomic E-state index is 0.131. The first-order valence-electron chi connectivity index (χ1n) is 4.07. The lowest BCUT2D eigenvalue weighted by atomic mass is 10.3. The molecule has 1 aliphatic rings. The zero-order valence-corrected chi connectivity index (χ0v) is 7.25. The summed E-state index contributed by atoms with van der Waals surface area (Å²) in [4.78, 5) is 1.92. The first-order valence-corrected chi connectivity index (χ1v) is 4.07. The maximum atomic E-state index is 8.64. The lowest BCUT2D eigenvalue weighted by molar-refractivity contribution is 0.404. The number of nitrogens with one attached hydrogen (secondary N) is 1. The van der Waals surface area contributed by atoms with Crippen molar-refractivity contribution in [2.75, 3.05) is 26.2 Å². The molecule has 0 aromatic carbocycles. The molecule has 0 amide bonds. The molecule has 3 N–H and O–H groups in total. The predicted octanol–water partition coefficient (Wildman–Crippen LogP) is -0.891. The van der Waals surface area contributed by atoms with Gasteiger partial charge in [-0.3, -0.25) is 0 Å². The summed E-state index contributed by atoms with van der Waals surface area (Å²) in [6.07, 6.45) is 0. The van der Waals surface area contributed by atoms with Gasteiger partial charge in [0.25, 0.3) is 0 Å². The normalized spacial score (nSPS) is 14.7. The van der Waals surface area contributed by atoms with Gasteiger partial charge in [0, 0.05) is 26.2 Å². The molecule has 1 aliphatic heterocycles. The van der Waals surface area contributed by atoms with E-state index in [2.05, 4.69) is 5.32 Å². The van der Waals surface area contributed by atoms with Crippen LogP contribution in [0.2, 0.25) is 0 Å². The van der Waals surface area contributed by atoms with Crippen LogP contribution in [0.15, 0.2) is 11.4 Å². The van der Waals surface area contributed by atoms with Crippen LogP contribution in [0.4, 0.5) is 0 Å². The molecule has 0 saturated carbocycles. The average molecular weight is 177 g/mol. The zero-order valence-electron chi connectivity index (χ0n) is 7.25. The van der Waals surface area contributed by atoms with Crippen LogP contribution in [-0.2, 0) is 0 Å². The van der Waals surface area contributed by atoms with E-state index in [1.54, 1.807) is 0 Å². The molecule has 0 atom stereocenters. The van der Waals surface area contributed by atoms with Crippen LogP contribution < -0.4 is 11.1 Å². The van der Waals surface area contributed by atoms with Crippen LogP contribution in [0.5, 0.6) is 0 Å². The summed E-state index contributed by atoms with van der Waals surface area (Å²) < 4.78 is 0. The minimum absolute atomic E-state index is 0.131. The second-order valence-electron chi connectivity index (χ2n) is 2.65. The van der Waals surface area contributed by atoms with Gasteiger partial charge in [-0.2, -0.15) is 10.5 Å². The van der Waals surface area contributed by atoms with Crippen LogP contribution in [0.3, 0.4) is 0 Å². The van der Waals surface area contributed by atoms with Crippen molar-refractivity contribution in [3.63, 3.8) is 0 Å². The van der Waals surface area contributed by atoms with E-state index in [-0.39, 0.29) is 5.57 Å². The van der Waals surface area contributed by atoms with Gasteiger partial charge in [-0.15, -0.1) is 0 Å². The molecule has 0 aliphatic carbocycles. The highest BCUT2D eigenvalue weighted by atomic mass is 15.3. The molecule has 0 spiro atoms. The highest BCUT2D eigenvalue weighted by Gasteiger charge is 2.19. The largest absolute Gasteiger partial charge is 0.368 e. The van der Waals surface area contributed by atoms with E-state index in [1.807, 2.05) is 17.0 Å². The lowest BCUT2D eigenvalue weighted by Gasteiger charge is -2.16. The zero-order chi connectivity index (χ0) is 9.68. The van der Waals surface area contributed by atoms with Crippen LogP contribution in [0.1, 0.15) is 0 Å². The van der Waals surface area contributed by atoms with Crippen molar-refractivity contribution < 1.29 is 0 Å². The maximum Gasteiger partial charge on any atom is 0.169 e. The lowest BCUT2D eigenvalue weighted by Crippen LogP contribution is -2.27. The van der Waals surface area contributed by atoms with E-state index >= 15 is 0 Å². The number of hydrogen-bond acceptors (Lipinski definition) is 5. The Balaban J connectivity index is 2.85. The smallest absolute Gasteiger partial charge is 0.169 e. The Kier molecular flexibility index (Phi) is 3.13. The molecule has 0 bridgehead atoms. The van der Waals surface area contributed by atoms with Crippen molar-refractivity contribution in [2.45, 2.75) is 0 Å². The third kappa shape index (κ3) is 1.90. The Bertz CT molecular complexity index is 277. The average Bonchev–Trinajstić information content (AvgIpc) is 2.57. The summed E-state index contributed by atoms with van der Waals surface area (Å²) in [6.45, 7) is 2.77. The Hall–Kier alpha value is -1.72. The fourth-order valence-electron chi connectivity index (χ4n) is 1.29. The van der Waals surface area contributed by atoms with Gasteiger partial charge in [-0.05, 0) is 0 Å². The molecule has 0 aromatic rings. The third-order valence-corrected chi connectivity index (χ3v) is 1.85. The van der Waals surface area contributed by atoms with E-state index < -0.39 is 0 Å². The Labute approximate surface area is 77.0 Å². The molecule has 1 fully saturated rings. The molecule has 1 rings (SSSR count). The number of rotatable bonds is 2. The van der Waals surface area contributed by atoms with Crippen molar-refractivity contribution >= 4 is 0 Å². The van der Waals surface area contributed by atoms with Crippen molar-refractivity contribution in [1.29, 1.82) is 10.5 Å². The molecule has 13 heavy (non-hydrogen) atoms. The van der Waals surface area contributed by atoms with Gasteiger partial charge >= 0.3 is 0 Å². The summed E-state index contributed by atoms with van der Waals surface area (Å²) in [7, 11) is 0. The summed E-state index contributed by atoms with van der Waals surface area (Å²) in [5.41, 5.74) is 5.53. The summed E-state index contributed by atoms with van der Waals surface area (Å²) in [6, 6.07) is 3.71. The third-order valence-electron chi connectivity index (χ3n) is 1.85. The van der Waals surface area contributed by atoms with E-state index in [0.29, 0.717) is 18.9 Å². The topological polar surface area (TPSA) is 88.9 Å². The number of nitrogens with zero attached hydrogens (tertiary/aromatic N) is 3. The molecule has 0 radical (unpaired) electrons. The van der Waals surface area contributed by atoms with E-state index in [9.17, 15) is 0 Å². The van der Waals surface area contributed by atoms with Gasteiger partial charge in [0.2, 0.25) is 0 Å². The van der Waals surface area contributed by atoms with Gasteiger partial charge in [-0.25, -0.2) is 0 Å². The van der Waals surface area contributed by atoms with Crippen molar-refractivity contribution in [3.8, 4) is 12.1 Å².